The zero-order valence-electron chi connectivity index (χ0n) is 19.4. The van der Waals surface area contributed by atoms with E-state index in [1.165, 1.54) is 0 Å². The van der Waals surface area contributed by atoms with E-state index in [-0.39, 0.29) is 11.4 Å². The van der Waals surface area contributed by atoms with Crippen LogP contribution in [0.5, 0.6) is 11.5 Å². The summed E-state index contributed by atoms with van der Waals surface area (Å²) in [6, 6.07) is 10.5. The number of imide groups is 1. The molecular formula is C25H27ClN2O5S. The first-order valence-electron chi connectivity index (χ1n) is 11.0. The first kappa shape index (κ1) is 25.6. The average molecular weight is 503 g/mol. The van der Waals surface area contributed by atoms with Crippen LogP contribution >= 0.6 is 23.4 Å². The number of hydrogen-bond donors (Lipinski definition) is 1. The Morgan fingerprint density at radius 1 is 1.12 bits per heavy atom. The number of unbranched alkanes of at least 4 members (excludes halogenated alkanes) is 1. The summed E-state index contributed by atoms with van der Waals surface area (Å²) in [5.74, 6) is 0.195. The second-order valence-electron chi connectivity index (χ2n) is 7.62. The van der Waals surface area contributed by atoms with Crippen LogP contribution in [0.3, 0.4) is 0 Å². The number of halogens is 1. The maximum Gasteiger partial charge on any atom is 0.294 e. The van der Waals surface area contributed by atoms with Gasteiger partial charge in [-0.2, -0.15) is 0 Å². The molecule has 2 aromatic rings. The maximum absolute atomic E-state index is 12.8. The smallest absolute Gasteiger partial charge is 0.294 e. The van der Waals surface area contributed by atoms with Crippen LogP contribution in [0.4, 0.5) is 10.5 Å². The van der Waals surface area contributed by atoms with Gasteiger partial charge >= 0.3 is 0 Å². The van der Waals surface area contributed by atoms with Crippen molar-refractivity contribution in [3.8, 4) is 11.5 Å². The van der Waals surface area contributed by atoms with Crippen LogP contribution in [0.25, 0.3) is 6.08 Å². The van der Waals surface area contributed by atoms with Gasteiger partial charge < -0.3 is 14.8 Å². The molecular weight excluding hydrogens is 476 g/mol. The van der Waals surface area contributed by atoms with Gasteiger partial charge in [0.05, 0.1) is 18.1 Å². The molecule has 2 aromatic carbocycles. The Balaban J connectivity index is 1.70. The zero-order valence-corrected chi connectivity index (χ0v) is 20.9. The van der Waals surface area contributed by atoms with Gasteiger partial charge in [-0.05, 0) is 73.5 Å². The Bertz CT molecular complexity index is 1120. The van der Waals surface area contributed by atoms with Gasteiger partial charge in [0.15, 0.2) is 11.5 Å². The summed E-state index contributed by atoms with van der Waals surface area (Å²) in [5, 5.41) is 2.67. The van der Waals surface area contributed by atoms with E-state index in [0.29, 0.717) is 41.0 Å². The molecule has 7 nitrogen and oxygen atoms in total. The number of amides is 3. The lowest BCUT2D eigenvalue weighted by atomic mass is 10.2. The predicted molar refractivity (Wildman–Crippen MR) is 136 cm³/mol. The van der Waals surface area contributed by atoms with Gasteiger partial charge in [-0.3, -0.25) is 19.3 Å². The lowest BCUT2D eigenvalue weighted by Gasteiger charge is -2.13. The normalized spacial score (nSPS) is 14.6. The van der Waals surface area contributed by atoms with Crippen molar-refractivity contribution in [1.29, 1.82) is 0 Å². The molecule has 3 rings (SSSR count). The summed E-state index contributed by atoms with van der Waals surface area (Å²) in [4.78, 5) is 38.8. The van der Waals surface area contributed by atoms with Gasteiger partial charge in [0.25, 0.3) is 11.1 Å². The molecule has 0 saturated carbocycles. The van der Waals surface area contributed by atoms with Gasteiger partial charge in [-0.25, -0.2) is 0 Å². The Morgan fingerprint density at radius 3 is 2.62 bits per heavy atom. The molecule has 0 unspecified atom stereocenters. The molecule has 1 aliphatic rings. The van der Waals surface area contributed by atoms with Crippen molar-refractivity contribution >= 4 is 52.2 Å². The molecule has 3 amide bonds. The van der Waals surface area contributed by atoms with E-state index in [2.05, 4.69) is 12.2 Å². The standard InChI is InChI=1S/C25H27ClN2O5S/c1-4-6-11-33-20-10-8-17(12-21(20)32-5-2)13-22-24(30)28(25(31)34-22)15-23(29)27-18-9-7-16(3)19(26)14-18/h7-10,12-14H,4-6,11,15H2,1-3H3,(H,27,29)/b22-13-. The number of carbonyl (C=O) groups is 3. The van der Waals surface area contributed by atoms with E-state index in [1.54, 1.807) is 42.5 Å². The third-order valence-corrected chi connectivity index (χ3v) is 6.27. The first-order valence-corrected chi connectivity index (χ1v) is 12.2. The van der Waals surface area contributed by atoms with Gasteiger partial charge in [-0.15, -0.1) is 0 Å². The van der Waals surface area contributed by atoms with Crippen LogP contribution in [-0.2, 0) is 9.59 Å². The number of anilines is 1. The van der Waals surface area contributed by atoms with Crippen LogP contribution in [0, 0.1) is 6.92 Å². The maximum atomic E-state index is 12.8. The van der Waals surface area contributed by atoms with Crippen molar-refractivity contribution in [2.75, 3.05) is 25.1 Å². The highest BCUT2D eigenvalue weighted by Crippen LogP contribution is 2.34. The van der Waals surface area contributed by atoms with E-state index in [0.717, 1.165) is 35.1 Å². The van der Waals surface area contributed by atoms with Gasteiger partial charge in [-0.1, -0.05) is 37.1 Å². The summed E-state index contributed by atoms with van der Waals surface area (Å²) in [6.45, 7) is 6.48. The molecule has 0 bridgehead atoms. The van der Waals surface area contributed by atoms with Crippen LogP contribution in [0.15, 0.2) is 41.3 Å². The monoisotopic (exact) mass is 502 g/mol. The van der Waals surface area contributed by atoms with Crippen molar-refractivity contribution in [3.63, 3.8) is 0 Å². The van der Waals surface area contributed by atoms with Crippen molar-refractivity contribution in [1.82, 2.24) is 4.90 Å². The second kappa shape index (κ2) is 11.9. The Labute approximate surface area is 208 Å². The molecule has 34 heavy (non-hydrogen) atoms. The average Bonchev–Trinajstić information content (AvgIpc) is 3.05. The molecule has 1 saturated heterocycles. The Hall–Kier alpha value is -2.97. The largest absolute Gasteiger partial charge is 0.490 e. The van der Waals surface area contributed by atoms with Gasteiger partial charge in [0.2, 0.25) is 5.91 Å². The van der Waals surface area contributed by atoms with Crippen LogP contribution in [0.2, 0.25) is 5.02 Å². The quantitative estimate of drug-likeness (QED) is 0.321. The Kier molecular flexibility index (Phi) is 9.01. The number of rotatable bonds is 10. The number of carbonyl (C=O) groups excluding carboxylic acids is 3. The summed E-state index contributed by atoms with van der Waals surface area (Å²) in [5.41, 5.74) is 2.06. The van der Waals surface area contributed by atoms with Crippen molar-refractivity contribution in [2.24, 2.45) is 0 Å². The summed E-state index contributed by atoms with van der Waals surface area (Å²) in [6.07, 6.45) is 3.57. The predicted octanol–water partition coefficient (Wildman–Crippen LogP) is 5.90. The topological polar surface area (TPSA) is 84.9 Å². The number of benzene rings is 2. The fraction of sp³-hybridized carbons (Fsp3) is 0.320. The number of thioether (sulfide) groups is 1. The first-order chi connectivity index (χ1) is 16.3. The minimum Gasteiger partial charge on any atom is -0.490 e. The Morgan fingerprint density at radius 2 is 1.91 bits per heavy atom. The van der Waals surface area contributed by atoms with Gasteiger partial charge in [0, 0.05) is 10.7 Å². The molecule has 180 valence electrons. The van der Waals surface area contributed by atoms with Crippen LogP contribution in [-0.4, -0.2) is 41.7 Å². The number of hydrogen-bond acceptors (Lipinski definition) is 6. The van der Waals surface area contributed by atoms with Crippen molar-refractivity contribution < 1.29 is 23.9 Å². The number of aryl methyl sites for hydroxylation is 1. The fourth-order valence-electron chi connectivity index (χ4n) is 3.13. The minimum atomic E-state index is -0.520. The number of nitrogens with one attached hydrogen (secondary N) is 1. The minimum absolute atomic E-state index is 0.235. The van der Waals surface area contributed by atoms with E-state index < -0.39 is 17.1 Å². The molecule has 0 spiro atoms. The van der Waals surface area contributed by atoms with E-state index in [4.69, 9.17) is 21.1 Å². The lowest BCUT2D eigenvalue weighted by molar-refractivity contribution is -0.127. The molecule has 0 radical (unpaired) electrons. The SMILES string of the molecule is CCCCOc1ccc(/C=C2\SC(=O)N(CC(=O)Nc3ccc(C)c(Cl)c3)C2=O)cc1OCC. The summed E-state index contributed by atoms with van der Waals surface area (Å²) in [7, 11) is 0. The molecule has 1 fully saturated rings. The zero-order chi connectivity index (χ0) is 24.7. The van der Waals surface area contributed by atoms with Gasteiger partial charge in [0.1, 0.15) is 6.54 Å². The summed E-state index contributed by atoms with van der Waals surface area (Å²) >= 11 is 6.88. The highest BCUT2D eigenvalue weighted by atomic mass is 35.5. The van der Waals surface area contributed by atoms with Crippen LogP contribution in [0.1, 0.15) is 37.8 Å². The highest BCUT2D eigenvalue weighted by molar-refractivity contribution is 8.18. The third kappa shape index (κ3) is 6.55. The number of ether oxygens (including phenoxy) is 2. The summed E-state index contributed by atoms with van der Waals surface area (Å²) < 4.78 is 11.5. The molecule has 9 heteroatoms. The lowest BCUT2D eigenvalue weighted by Crippen LogP contribution is -2.36. The molecule has 0 atom stereocenters. The fourth-order valence-corrected chi connectivity index (χ4v) is 4.15. The van der Waals surface area contributed by atoms with Crippen molar-refractivity contribution in [2.45, 2.75) is 33.6 Å². The van der Waals surface area contributed by atoms with Crippen LogP contribution < -0.4 is 14.8 Å². The number of nitrogens with zero attached hydrogens (tertiary/aromatic N) is 1. The molecule has 1 N–H and O–H groups in total. The van der Waals surface area contributed by atoms with Crippen molar-refractivity contribution in [3.05, 3.63) is 57.5 Å². The van der Waals surface area contributed by atoms with E-state index >= 15 is 0 Å². The molecule has 1 aliphatic heterocycles. The van der Waals surface area contributed by atoms with E-state index in [1.807, 2.05) is 13.8 Å². The second-order valence-corrected chi connectivity index (χ2v) is 9.02. The highest BCUT2D eigenvalue weighted by Gasteiger charge is 2.36. The molecule has 0 aromatic heterocycles. The molecule has 0 aliphatic carbocycles. The third-order valence-electron chi connectivity index (χ3n) is 4.95. The van der Waals surface area contributed by atoms with E-state index in [9.17, 15) is 14.4 Å². The molecule has 1 heterocycles.